The van der Waals surface area contributed by atoms with Gasteiger partial charge in [-0.1, -0.05) is 66.2 Å². The third kappa shape index (κ3) is 4.06. The molecule has 26 heavy (non-hydrogen) atoms. The van der Waals surface area contributed by atoms with E-state index in [4.69, 9.17) is 0 Å². The van der Waals surface area contributed by atoms with Crippen LogP contribution in [0, 0.1) is 6.92 Å². The molecule has 0 aromatic heterocycles. The maximum absolute atomic E-state index is 12.6. The standard InChI is InChI=1S/C23H20O3/c1-16-3-5-17(6-4-16)15-18-7-9-19(10-8-18)22(24)20-11-13-21(14-12-20)23(25)26-2/h3-14H,15H2,1-2H3. The topological polar surface area (TPSA) is 43.4 Å². The van der Waals surface area contributed by atoms with Crippen molar-refractivity contribution in [3.63, 3.8) is 0 Å². The van der Waals surface area contributed by atoms with Gasteiger partial charge in [-0.3, -0.25) is 4.79 Å². The van der Waals surface area contributed by atoms with E-state index in [1.54, 1.807) is 24.3 Å². The molecule has 0 unspecified atom stereocenters. The number of hydrogen-bond acceptors (Lipinski definition) is 3. The summed E-state index contributed by atoms with van der Waals surface area (Å²) in [6.45, 7) is 2.07. The van der Waals surface area contributed by atoms with Crippen LogP contribution >= 0.6 is 0 Å². The molecule has 0 bridgehead atoms. The lowest BCUT2D eigenvalue weighted by Gasteiger charge is -2.06. The van der Waals surface area contributed by atoms with Crippen LogP contribution in [0.5, 0.6) is 0 Å². The minimum absolute atomic E-state index is 0.0664. The minimum atomic E-state index is -0.413. The van der Waals surface area contributed by atoms with Crippen LogP contribution in [0.25, 0.3) is 0 Å². The van der Waals surface area contributed by atoms with Gasteiger partial charge in [-0.25, -0.2) is 4.79 Å². The van der Waals surface area contributed by atoms with Gasteiger partial charge in [0.05, 0.1) is 12.7 Å². The predicted molar refractivity (Wildman–Crippen MR) is 102 cm³/mol. The van der Waals surface area contributed by atoms with Gasteiger partial charge in [0.25, 0.3) is 0 Å². The molecule has 0 N–H and O–H groups in total. The van der Waals surface area contributed by atoms with Gasteiger partial charge in [0.1, 0.15) is 0 Å². The monoisotopic (exact) mass is 344 g/mol. The van der Waals surface area contributed by atoms with Gasteiger partial charge >= 0.3 is 5.97 Å². The summed E-state index contributed by atoms with van der Waals surface area (Å²) in [7, 11) is 1.33. The van der Waals surface area contributed by atoms with Crippen molar-refractivity contribution in [2.75, 3.05) is 7.11 Å². The quantitative estimate of drug-likeness (QED) is 0.502. The summed E-state index contributed by atoms with van der Waals surface area (Å²) < 4.78 is 4.67. The zero-order chi connectivity index (χ0) is 18.5. The highest BCUT2D eigenvalue weighted by atomic mass is 16.5. The lowest BCUT2D eigenvalue weighted by atomic mass is 9.98. The SMILES string of the molecule is COC(=O)c1ccc(C(=O)c2ccc(Cc3ccc(C)cc3)cc2)cc1. The molecule has 3 heteroatoms. The van der Waals surface area contributed by atoms with Crippen molar-refractivity contribution < 1.29 is 14.3 Å². The number of aryl methyl sites for hydroxylation is 1. The first-order chi connectivity index (χ1) is 12.6. The van der Waals surface area contributed by atoms with Gasteiger partial charge in [-0.05, 0) is 36.6 Å². The van der Waals surface area contributed by atoms with E-state index >= 15 is 0 Å². The molecule has 3 aromatic carbocycles. The van der Waals surface area contributed by atoms with Crippen molar-refractivity contribution in [1.29, 1.82) is 0 Å². The zero-order valence-electron chi connectivity index (χ0n) is 14.9. The van der Waals surface area contributed by atoms with E-state index in [1.807, 2.05) is 24.3 Å². The Morgan fingerprint density at radius 1 is 0.692 bits per heavy atom. The van der Waals surface area contributed by atoms with Gasteiger partial charge in [0.15, 0.2) is 5.78 Å². The number of ketones is 1. The molecule has 0 aliphatic rings. The van der Waals surface area contributed by atoms with Gasteiger partial charge in [0.2, 0.25) is 0 Å². The highest BCUT2D eigenvalue weighted by molar-refractivity contribution is 6.09. The minimum Gasteiger partial charge on any atom is -0.465 e. The largest absolute Gasteiger partial charge is 0.465 e. The Labute approximate surface area is 153 Å². The number of esters is 1. The summed E-state index contributed by atoms with van der Waals surface area (Å²) in [6.07, 6.45) is 0.836. The number of ether oxygens (including phenoxy) is 1. The van der Waals surface area contributed by atoms with Crippen LogP contribution in [0.4, 0.5) is 0 Å². The van der Waals surface area contributed by atoms with Crippen molar-refractivity contribution in [2.45, 2.75) is 13.3 Å². The number of rotatable bonds is 5. The average molecular weight is 344 g/mol. The Morgan fingerprint density at radius 3 is 1.62 bits per heavy atom. The molecule has 0 aliphatic heterocycles. The van der Waals surface area contributed by atoms with E-state index in [2.05, 4.69) is 35.9 Å². The van der Waals surface area contributed by atoms with E-state index in [9.17, 15) is 9.59 Å². The first-order valence-electron chi connectivity index (χ1n) is 8.44. The second kappa shape index (κ2) is 7.79. The second-order valence-corrected chi connectivity index (χ2v) is 6.26. The first-order valence-corrected chi connectivity index (χ1v) is 8.44. The second-order valence-electron chi connectivity index (χ2n) is 6.26. The molecule has 0 saturated heterocycles. The fourth-order valence-electron chi connectivity index (χ4n) is 2.76. The Balaban J connectivity index is 1.72. The molecule has 3 aromatic rings. The molecule has 0 radical (unpaired) electrons. The third-order valence-corrected chi connectivity index (χ3v) is 4.31. The van der Waals surface area contributed by atoms with Gasteiger partial charge in [-0.2, -0.15) is 0 Å². The van der Waals surface area contributed by atoms with E-state index in [0.29, 0.717) is 16.7 Å². The van der Waals surface area contributed by atoms with Gasteiger partial charge in [0, 0.05) is 11.1 Å². The van der Waals surface area contributed by atoms with Crippen LogP contribution in [0.15, 0.2) is 72.8 Å². The number of carbonyl (C=O) groups excluding carboxylic acids is 2. The molecular formula is C23H20O3. The Hall–Kier alpha value is -3.20. The Morgan fingerprint density at radius 2 is 1.12 bits per heavy atom. The molecule has 0 saturated carbocycles. The lowest BCUT2D eigenvalue weighted by molar-refractivity contribution is 0.0600. The normalized spacial score (nSPS) is 10.4. The van der Waals surface area contributed by atoms with E-state index < -0.39 is 5.97 Å². The van der Waals surface area contributed by atoms with E-state index in [0.717, 1.165) is 12.0 Å². The van der Waals surface area contributed by atoms with Crippen LogP contribution < -0.4 is 0 Å². The molecular weight excluding hydrogens is 324 g/mol. The molecule has 0 amide bonds. The molecule has 3 nitrogen and oxygen atoms in total. The number of hydrogen-bond donors (Lipinski definition) is 0. The summed E-state index contributed by atoms with van der Waals surface area (Å²) in [4.78, 5) is 24.1. The molecule has 0 fully saturated rings. The predicted octanol–water partition coefficient (Wildman–Crippen LogP) is 4.60. The van der Waals surface area contributed by atoms with Crippen LogP contribution in [-0.2, 0) is 11.2 Å². The van der Waals surface area contributed by atoms with E-state index in [-0.39, 0.29) is 5.78 Å². The fraction of sp³-hybridized carbons (Fsp3) is 0.130. The number of benzene rings is 3. The molecule has 0 atom stereocenters. The fourth-order valence-corrected chi connectivity index (χ4v) is 2.76. The molecule has 3 rings (SSSR count). The van der Waals surface area contributed by atoms with Gasteiger partial charge in [-0.15, -0.1) is 0 Å². The van der Waals surface area contributed by atoms with Crippen LogP contribution in [-0.4, -0.2) is 18.9 Å². The highest BCUT2D eigenvalue weighted by Crippen LogP contribution is 2.15. The van der Waals surface area contributed by atoms with E-state index in [1.165, 1.54) is 18.2 Å². The summed E-state index contributed by atoms with van der Waals surface area (Å²) in [5, 5.41) is 0. The summed E-state index contributed by atoms with van der Waals surface area (Å²) in [5.41, 5.74) is 5.25. The van der Waals surface area contributed by atoms with Crippen molar-refractivity contribution in [1.82, 2.24) is 0 Å². The average Bonchev–Trinajstić information content (AvgIpc) is 2.69. The molecule has 0 spiro atoms. The smallest absolute Gasteiger partial charge is 0.337 e. The molecule has 0 heterocycles. The summed E-state index contributed by atoms with van der Waals surface area (Å²) in [6, 6.07) is 22.6. The summed E-state index contributed by atoms with van der Waals surface area (Å²) in [5.74, 6) is -0.479. The molecule has 130 valence electrons. The van der Waals surface area contributed by atoms with Gasteiger partial charge < -0.3 is 4.74 Å². The maximum Gasteiger partial charge on any atom is 0.337 e. The summed E-state index contributed by atoms with van der Waals surface area (Å²) >= 11 is 0. The van der Waals surface area contributed by atoms with Crippen molar-refractivity contribution in [3.8, 4) is 0 Å². The number of carbonyl (C=O) groups is 2. The van der Waals surface area contributed by atoms with Crippen molar-refractivity contribution >= 4 is 11.8 Å². The van der Waals surface area contributed by atoms with Crippen molar-refractivity contribution in [3.05, 3.63) is 106 Å². The first kappa shape index (κ1) is 17.6. The lowest BCUT2D eigenvalue weighted by Crippen LogP contribution is -2.04. The maximum atomic E-state index is 12.6. The Kier molecular flexibility index (Phi) is 5.28. The van der Waals surface area contributed by atoms with Crippen LogP contribution in [0.1, 0.15) is 43.0 Å². The molecule has 0 aliphatic carbocycles. The highest BCUT2D eigenvalue weighted by Gasteiger charge is 2.11. The van der Waals surface area contributed by atoms with Crippen LogP contribution in [0.2, 0.25) is 0 Å². The zero-order valence-corrected chi connectivity index (χ0v) is 14.9. The van der Waals surface area contributed by atoms with Crippen molar-refractivity contribution in [2.24, 2.45) is 0 Å². The Bertz CT molecular complexity index is 905. The number of methoxy groups -OCH3 is 1. The third-order valence-electron chi connectivity index (χ3n) is 4.31. The van der Waals surface area contributed by atoms with Crippen LogP contribution in [0.3, 0.4) is 0 Å².